The summed E-state index contributed by atoms with van der Waals surface area (Å²) in [5, 5.41) is 20.5. The van der Waals surface area contributed by atoms with Crippen molar-refractivity contribution in [2.45, 2.75) is 5.92 Å². The zero-order chi connectivity index (χ0) is 7.40. The molecular weight excluding hydrogens is 144 g/mol. The van der Waals surface area contributed by atoms with Gasteiger partial charge in [0.1, 0.15) is 0 Å². The second kappa shape index (κ2) is 3.00. The molecule has 0 aliphatic rings. The molecule has 0 atom stereocenters. The molecule has 0 radical (unpaired) electrons. The molecule has 0 saturated carbocycles. The van der Waals surface area contributed by atoms with E-state index in [-0.39, 0.29) is 0 Å². The third kappa shape index (κ3) is 1.15. The van der Waals surface area contributed by atoms with Gasteiger partial charge in [0.05, 0.1) is 12.1 Å². The minimum Gasteiger partial charge on any atom is -0.196 e. The molecule has 3 heteroatoms. The Hall–Kier alpha value is -1.32. The summed E-state index contributed by atoms with van der Waals surface area (Å²) >= 11 is 1.50. The third-order valence-electron chi connectivity index (χ3n) is 1.13. The van der Waals surface area contributed by atoms with Gasteiger partial charge in [0.15, 0.2) is 5.92 Å². The first kappa shape index (κ1) is 6.80. The van der Waals surface area contributed by atoms with Crippen LogP contribution in [0.3, 0.4) is 0 Å². The van der Waals surface area contributed by atoms with Gasteiger partial charge in [-0.25, -0.2) is 0 Å². The first-order valence-electron chi connectivity index (χ1n) is 2.70. The number of nitrogens with zero attached hydrogens (tertiary/aromatic N) is 2. The highest BCUT2D eigenvalue weighted by molar-refractivity contribution is 7.08. The Bertz CT molecular complexity index is 262. The van der Waals surface area contributed by atoms with Gasteiger partial charge in [0.25, 0.3) is 0 Å². The molecule has 0 N–H and O–H groups in total. The fourth-order valence-corrected chi connectivity index (χ4v) is 1.30. The molecule has 1 heterocycles. The Balaban J connectivity index is 2.89. The van der Waals surface area contributed by atoms with Crippen LogP contribution in [0.2, 0.25) is 0 Å². The summed E-state index contributed by atoms with van der Waals surface area (Å²) in [5.41, 5.74) is 0.801. The largest absolute Gasteiger partial charge is 0.196 e. The van der Waals surface area contributed by atoms with Crippen molar-refractivity contribution in [3.8, 4) is 12.1 Å². The van der Waals surface area contributed by atoms with Crippen LogP contribution in [0.1, 0.15) is 11.5 Å². The second-order valence-electron chi connectivity index (χ2n) is 1.75. The van der Waals surface area contributed by atoms with Crippen molar-refractivity contribution in [3.05, 3.63) is 22.4 Å². The van der Waals surface area contributed by atoms with E-state index in [1.165, 1.54) is 11.3 Å². The van der Waals surface area contributed by atoms with E-state index >= 15 is 0 Å². The van der Waals surface area contributed by atoms with E-state index in [1.807, 2.05) is 22.9 Å². The van der Waals surface area contributed by atoms with Gasteiger partial charge in [-0.15, -0.1) is 0 Å². The SMILES string of the molecule is N#CC(C#N)c1ccsc1. The molecule has 0 aliphatic carbocycles. The highest BCUT2D eigenvalue weighted by Crippen LogP contribution is 2.16. The van der Waals surface area contributed by atoms with Gasteiger partial charge in [0, 0.05) is 0 Å². The van der Waals surface area contributed by atoms with Crippen LogP contribution in [0.4, 0.5) is 0 Å². The molecule has 0 fully saturated rings. The van der Waals surface area contributed by atoms with Gasteiger partial charge in [0.2, 0.25) is 0 Å². The molecule has 10 heavy (non-hydrogen) atoms. The molecule has 0 aromatic carbocycles. The first-order valence-corrected chi connectivity index (χ1v) is 3.64. The highest BCUT2D eigenvalue weighted by Gasteiger charge is 2.07. The van der Waals surface area contributed by atoms with E-state index in [0.717, 1.165) is 5.56 Å². The number of thiophene rings is 1. The number of nitriles is 2. The lowest BCUT2D eigenvalue weighted by Gasteiger charge is -1.90. The van der Waals surface area contributed by atoms with Crippen LogP contribution >= 0.6 is 11.3 Å². The van der Waals surface area contributed by atoms with Gasteiger partial charge in [-0.2, -0.15) is 21.9 Å². The van der Waals surface area contributed by atoms with Gasteiger partial charge >= 0.3 is 0 Å². The molecule has 0 unspecified atom stereocenters. The lowest BCUT2D eigenvalue weighted by molar-refractivity contribution is 1.11. The fourth-order valence-electron chi connectivity index (χ4n) is 0.617. The summed E-state index contributed by atoms with van der Waals surface area (Å²) in [6, 6.07) is 5.59. The quantitative estimate of drug-likeness (QED) is 0.610. The highest BCUT2D eigenvalue weighted by atomic mass is 32.1. The van der Waals surface area contributed by atoms with Crippen LogP contribution in [0.15, 0.2) is 16.8 Å². The molecule has 1 aromatic heterocycles. The van der Waals surface area contributed by atoms with Gasteiger partial charge in [-0.1, -0.05) is 0 Å². The number of rotatable bonds is 1. The van der Waals surface area contributed by atoms with Crippen LogP contribution < -0.4 is 0 Å². The van der Waals surface area contributed by atoms with Crippen molar-refractivity contribution >= 4 is 11.3 Å². The molecule has 2 nitrogen and oxygen atoms in total. The molecule has 1 aromatic rings. The minimum absolute atomic E-state index is 0.591. The topological polar surface area (TPSA) is 47.6 Å². The maximum absolute atomic E-state index is 8.43. The van der Waals surface area contributed by atoms with E-state index in [4.69, 9.17) is 10.5 Å². The summed E-state index contributed by atoms with van der Waals surface area (Å²) in [5.74, 6) is -0.591. The van der Waals surface area contributed by atoms with Crippen LogP contribution in [-0.4, -0.2) is 0 Å². The normalized spacial score (nSPS) is 8.70. The molecular formula is C7H4N2S. The van der Waals surface area contributed by atoms with Crippen molar-refractivity contribution in [1.82, 2.24) is 0 Å². The van der Waals surface area contributed by atoms with Crippen molar-refractivity contribution in [2.75, 3.05) is 0 Å². The zero-order valence-electron chi connectivity index (χ0n) is 5.11. The van der Waals surface area contributed by atoms with Gasteiger partial charge in [-0.05, 0) is 22.4 Å². The van der Waals surface area contributed by atoms with Gasteiger partial charge in [-0.3, -0.25) is 0 Å². The van der Waals surface area contributed by atoms with Crippen LogP contribution in [0, 0.1) is 22.7 Å². The first-order chi connectivity index (χ1) is 4.88. The predicted molar refractivity (Wildman–Crippen MR) is 38.3 cm³/mol. The Morgan fingerprint density at radius 3 is 2.50 bits per heavy atom. The van der Waals surface area contributed by atoms with Crippen LogP contribution in [0.5, 0.6) is 0 Å². The molecule has 0 saturated heterocycles. The average Bonchev–Trinajstić information content (AvgIpc) is 2.43. The van der Waals surface area contributed by atoms with Crippen LogP contribution in [-0.2, 0) is 0 Å². The maximum atomic E-state index is 8.43. The molecule has 48 valence electrons. The van der Waals surface area contributed by atoms with E-state index in [2.05, 4.69) is 0 Å². The minimum atomic E-state index is -0.591. The maximum Gasteiger partial charge on any atom is 0.159 e. The van der Waals surface area contributed by atoms with Crippen molar-refractivity contribution in [1.29, 1.82) is 10.5 Å². The molecule has 0 spiro atoms. The van der Waals surface area contributed by atoms with E-state index in [1.54, 1.807) is 6.07 Å². The smallest absolute Gasteiger partial charge is 0.159 e. The number of hydrogen-bond donors (Lipinski definition) is 0. The summed E-state index contributed by atoms with van der Waals surface area (Å²) < 4.78 is 0. The van der Waals surface area contributed by atoms with Gasteiger partial charge < -0.3 is 0 Å². The fraction of sp³-hybridized carbons (Fsp3) is 0.143. The molecule has 0 aliphatic heterocycles. The number of hydrogen-bond acceptors (Lipinski definition) is 3. The predicted octanol–water partition coefficient (Wildman–Crippen LogP) is 1.88. The average molecular weight is 148 g/mol. The second-order valence-corrected chi connectivity index (χ2v) is 2.53. The molecule has 1 rings (SSSR count). The Kier molecular flexibility index (Phi) is 2.04. The summed E-state index contributed by atoms with van der Waals surface area (Å²) in [4.78, 5) is 0. The van der Waals surface area contributed by atoms with E-state index in [0.29, 0.717) is 0 Å². The lowest BCUT2D eigenvalue weighted by atomic mass is 10.1. The summed E-state index contributed by atoms with van der Waals surface area (Å²) in [7, 11) is 0. The monoisotopic (exact) mass is 148 g/mol. The van der Waals surface area contributed by atoms with E-state index in [9.17, 15) is 0 Å². The van der Waals surface area contributed by atoms with E-state index < -0.39 is 5.92 Å². The van der Waals surface area contributed by atoms with Crippen molar-refractivity contribution < 1.29 is 0 Å². The summed E-state index contributed by atoms with van der Waals surface area (Å²) in [6.07, 6.45) is 0. The molecule has 0 bridgehead atoms. The lowest BCUT2D eigenvalue weighted by Crippen LogP contribution is -1.86. The molecule has 0 amide bonds. The standard InChI is InChI=1S/C7H4N2S/c8-3-7(4-9)6-1-2-10-5-6/h1-2,5,7H. The van der Waals surface area contributed by atoms with Crippen molar-refractivity contribution in [2.24, 2.45) is 0 Å². The Morgan fingerprint density at radius 2 is 2.10 bits per heavy atom. The summed E-state index contributed by atoms with van der Waals surface area (Å²) in [6.45, 7) is 0. The Morgan fingerprint density at radius 1 is 1.40 bits per heavy atom. The third-order valence-corrected chi connectivity index (χ3v) is 1.84. The Labute approximate surface area is 63.0 Å². The zero-order valence-corrected chi connectivity index (χ0v) is 5.93. The van der Waals surface area contributed by atoms with Crippen LogP contribution in [0.25, 0.3) is 0 Å². The van der Waals surface area contributed by atoms with Crippen molar-refractivity contribution in [3.63, 3.8) is 0 Å².